The average Bonchev–Trinajstić information content (AvgIpc) is 2.31. The van der Waals surface area contributed by atoms with Crippen LogP contribution in [0.5, 0.6) is 0 Å². The third-order valence-electron chi connectivity index (χ3n) is 3.10. The zero-order chi connectivity index (χ0) is 14.2. The Bertz CT molecular complexity index is 117. The van der Waals surface area contributed by atoms with Crippen molar-refractivity contribution in [3.63, 3.8) is 0 Å². The maximum absolute atomic E-state index is 2.35. The molecule has 102 valence electrons. The van der Waals surface area contributed by atoms with Crippen molar-refractivity contribution in [2.24, 2.45) is 0 Å². The van der Waals surface area contributed by atoms with Crippen molar-refractivity contribution in [3.8, 4) is 0 Å². The normalized spacial score (nSPS) is 13.8. The predicted molar refractivity (Wildman–Crippen MR) is 76.4 cm³/mol. The van der Waals surface area contributed by atoms with Gasteiger partial charge in [-0.2, -0.15) is 0 Å². The molecule has 0 aliphatic heterocycles. The molecular weight excluding hydrogens is 323 g/mol. The Morgan fingerprint density at radius 3 is 1.17 bits per heavy atom. The van der Waals surface area contributed by atoms with Crippen molar-refractivity contribution in [3.05, 3.63) is 0 Å². The Labute approximate surface area is 137 Å². The SMILES string of the molecule is CCCCCC[CH](C)[Zn].CCCCCC[CH](C)[Zn]. The Morgan fingerprint density at radius 2 is 0.944 bits per heavy atom. The summed E-state index contributed by atoms with van der Waals surface area (Å²) >= 11 is 2.96. The van der Waals surface area contributed by atoms with Gasteiger partial charge in [0.1, 0.15) is 0 Å². The molecule has 0 aromatic rings. The van der Waals surface area contributed by atoms with Crippen molar-refractivity contribution in [2.75, 3.05) is 0 Å². The van der Waals surface area contributed by atoms with Crippen molar-refractivity contribution >= 4 is 0 Å². The fourth-order valence-corrected chi connectivity index (χ4v) is 3.05. The van der Waals surface area contributed by atoms with E-state index in [9.17, 15) is 0 Å². The van der Waals surface area contributed by atoms with Crippen LogP contribution in [0.15, 0.2) is 0 Å². The molecule has 0 bridgehead atoms. The summed E-state index contributed by atoms with van der Waals surface area (Å²) in [6, 6.07) is 0. The molecule has 0 radical (unpaired) electrons. The van der Waals surface area contributed by atoms with E-state index in [1.807, 2.05) is 0 Å². The molecular formula is C16H34Zn2. The molecule has 0 aliphatic carbocycles. The maximum atomic E-state index is 2.35. The van der Waals surface area contributed by atoms with E-state index in [4.69, 9.17) is 0 Å². The molecule has 2 heteroatoms. The number of hydrogen-bond donors (Lipinski definition) is 0. The third kappa shape index (κ3) is 25.9. The first kappa shape index (κ1) is 21.5. The molecule has 2 unspecified atom stereocenters. The second kappa shape index (κ2) is 18.2. The van der Waals surface area contributed by atoms with Crippen LogP contribution < -0.4 is 0 Å². The molecule has 18 heavy (non-hydrogen) atoms. The van der Waals surface area contributed by atoms with Gasteiger partial charge in [0.25, 0.3) is 0 Å². The van der Waals surface area contributed by atoms with E-state index in [2.05, 4.69) is 27.7 Å². The van der Waals surface area contributed by atoms with Gasteiger partial charge in [0, 0.05) is 0 Å². The van der Waals surface area contributed by atoms with Crippen molar-refractivity contribution in [1.82, 2.24) is 0 Å². The van der Waals surface area contributed by atoms with Crippen molar-refractivity contribution in [2.45, 2.75) is 101 Å². The predicted octanol–water partition coefficient (Wildman–Crippen LogP) is 6.62. The van der Waals surface area contributed by atoms with Crippen LogP contribution in [-0.2, 0) is 36.6 Å². The van der Waals surface area contributed by atoms with Gasteiger partial charge in [-0.25, -0.2) is 0 Å². The van der Waals surface area contributed by atoms with Gasteiger partial charge in [-0.05, 0) is 0 Å². The molecule has 2 atom stereocenters. The van der Waals surface area contributed by atoms with Crippen LogP contribution in [0.4, 0.5) is 0 Å². The van der Waals surface area contributed by atoms with Gasteiger partial charge in [-0.1, -0.05) is 0 Å². The molecule has 0 nitrogen and oxygen atoms in total. The van der Waals surface area contributed by atoms with Gasteiger partial charge in [-0.15, -0.1) is 0 Å². The van der Waals surface area contributed by atoms with Gasteiger partial charge in [0.05, 0.1) is 0 Å². The molecule has 0 aromatic carbocycles. The van der Waals surface area contributed by atoms with Crippen LogP contribution in [0.25, 0.3) is 0 Å². The first-order valence-corrected chi connectivity index (χ1v) is 11.6. The van der Waals surface area contributed by atoms with Crippen LogP contribution >= 0.6 is 0 Å². The van der Waals surface area contributed by atoms with Crippen molar-refractivity contribution in [1.29, 1.82) is 0 Å². The van der Waals surface area contributed by atoms with E-state index in [-0.39, 0.29) is 0 Å². The van der Waals surface area contributed by atoms with Gasteiger partial charge in [-0.3, -0.25) is 0 Å². The molecule has 0 aromatic heterocycles. The minimum absolute atomic E-state index is 1.03. The quantitative estimate of drug-likeness (QED) is 0.304. The summed E-state index contributed by atoms with van der Waals surface area (Å²) in [5, 5.41) is 0. The van der Waals surface area contributed by atoms with Crippen LogP contribution in [0, 0.1) is 0 Å². The summed E-state index contributed by atoms with van der Waals surface area (Å²) < 4.78 is 2.06. The molecule has 0 fully saturated rings. The molecule has 0 heterocycles. The first-order valence-electron chi connectivity index (χ1n) is 8.20. The summed E-state index contributed by atoms with van der Waals surface area (Å²) in [4.78, 5) is 0. The number of hydrogen-bond acceptors (Lipinski definition) is 0. The van der Waals surface area contributed by atoms with Crippen LogP contribution in [-0.4, -0.2) is 0 Å². The van der Waals surface area contributed by atoms with E-state index < -0.39 is 0 Å². The third-order valence-corrected chi connectivity index (χ3v) is 4.81. The van der Waals surface area contributed by atoms with Gasteiger partial charge >= 0.3 is 138 Å². The van der Waals surface area contributed by atoms with E-state index in [0.717, 1.165) is 9.02 Å². The molecule has 0 N–H and O–H groups in total. The average molecular weight is 357 g/mol. The molecule has 0 amide bonds. The fourth-order valence-electron chi connectivity index (χ4n) is 1.84. The van der Waals surface area contributed by atoms with E-state index in [1.165, 1.54) is 101 Å². The van der Waals surface area contributed by atoms with Crippen LogP contribution in [0.1, 0.15) is 91.9 Å². The number of rotatable bonds is 10. The second-order valence-corrected chi connectivity index (χ2v) is 11.8. The van der Waals surface area contributed by atoms with Crippen molar-refractivity contribution < 1.29 is 36.6 Å². The molecule has 0 spiro atoms. The van der Waals surface area contributed by atoms with E-state index >= 15 is 0 Å². The topological polar surface area (TPSA) is 0 Å². The van der Waals surface area contributed by atoms with E-state index in [0.29, 0.717) is 0 Å². The molecule has 0 aliphatic rings. The molecule has 0 rings (SSSR count). The first-order chi connectivity index (χ1) is 8.54. The summed E-state index contributed by atoms with van der Waals surface area (Å²) in [7, 11) is 0. The Hall–Kier alpha value is 1.25. The van der Waals surface area contributed by atoms with E-state index in [1.54, 1.807) is 0 Å². The zero-order valence-electron chi connectivity index (χ0n) is 13.6. The van der Waals surface area contributed by atoms with Crippen LogP contribution in [0.3, 0.4) is 0 Å². The summed E-state index contributed by atoms with van der Waals surface area (Å²) in [5.41, 5.74) is 0. The van der Waals surface area contributed by atoms with Gasteiger partial charge in [0.15, 0.2) is 0 Å². The monoisotopic (exact) mass is 354 g/mol. The molecule has 0 saturated carbocycles. The second-order valence-electron chi connectivity index (χ2n) is 5.91. The summed E-state index contributed by atoms with van der Waals surface area (Å²) in [6.45, 7) is 9.24. The fraction of sp³-hybridized carbons (Fsp3) is 1.00. The van der Waals surface area contributed by atoms with Gasteiger partial charge in [0.2, 0.25) is 0 Å². The van der Waals surface area contributed by atoms with Gasteiger partial charge < -0.3 is 0 Å². The Morgan fingerprint density at radius 1 is 0.611 bits per heavy atom. The Kier molecular flexibility index (Phi) is 21.8. The molecule has 0 saturated heterocycles. The zero-order valence-corrected chi connectivity index (χ0v) is 19.6. The van der Waals surface area contributed by atoms with Crippen LogP contribution in [0.2, 0.25) is 9.02 Å². The number of unbranched alkanes of at least 4 members (excludes halogenated alkanes) is 6. The summed E-state index contributed by atoms with van der Waals surface area (Å²) in [6.07, 6.45) is 14.4. The summed E-state index contributed by atoms with van der Waals surface area (Å²) in [5.74, 6) is 0. The minimum atomic E-state index is 1.03. The standard InChI is InChI=1S/2C8H17.2Zn/c2*1-3-5-7-8-6-4-2;;/h2*3H,4-8H2,1-2H3;;. The Balaban J connectivity index is 0.